The SMILES string of the molecule is Cc1ccc(CC(Cc2cc(Cl)ccc2Cl)NN)cc1C. The lowest BCUT2D eigenvalue weighted by molar-refractivity contribution is 0.522. The molecule has 0 aliphatic rings. The predicted octanol–water partition coefficient (Wildman–Crippen LogP) is 4.23. The number of hydrogen-bond donors (Lipinski definition) is 2. The van der Waals surface area contributed by atoms with Gasteiger partial charge < -0.3 is 0 Å². The molecule has 3 N–H and O–H groups in total. The van der Waals surface area contributed by atoms with Crippen LogP contribution in [-0.4, -0.2) is 6.04 Å². The highest BCUT2D eigenvalue weighted by molar-refractivity contribution is 6.33. The topological polar surface area (TPSA) is 38.0 Å². The fourth-order valence-electron chi connectivity index (χ4n) is 2.37. The maximum Gasteiger partial charge on any atom is 0.0439 e. The lowest BCUT2D eigenvalue weighted by atomic mass is 9.97. The fourth-order valence-corrected chi connectivity index (χ4v) is 2.76. The van der Waals surface area contributed by atoms with Crippen LogP contribution < -0.4 is 11.3 Å². The molecule has 2 rings (SSSR count). The number of aryl methyl sites for hydroxylation is 2. The van der Waals surface area contributed by atoms with Gasteiger partial charge in [0.15, 0.2) is 0 Å². The number of nitrogens with two attached hydrogens (primary N) is 1. The van der Waals surface area contributed by atoms with Crippen molar-refractivity contribution < 1.29 is 0 Å². The van der Waals surface area contributed by atoms with E-state index in [4.69, 9.17) is 29.0 Å². The van der Waals surface area contributed by atoms with E-state index in [0.717, 1.165) is 23.4 Å². The molecule has 4 heteroatoms. The number of hydrogen-bond acceptors (Lipinski definition) is 2. The Labute approximate surface area is 136 Å². The van der Waals surface area contributed by atoms with Crippen LogP contribution in [0.15, 0.2) is 36.4 Å². The van der Waals surface area contributed by atoms with E-state index < -0.39 is 0 Å². The van der Waals surface area contributed by atoms with Gasteiger partial charge in [-0.05, 0) is 67.1 Å². The van der Waals surface area contributed by atoms with Crippen LogP contribution in [0.4, 0.5) is 0 Å². The van der Waals surface area contributed by atoms with E-state index in [2.05, 4.69) is 37.5 Å². The Balaban J connectivity index is 2.12. The van der Waals surface area contributed by atoms with Crippen molar-refractivity contribution in [3.05, 3.63) is 68.7 Å². The van der Waals surface area contributed by atoms with Gasteiger partial charge in [0.2, 0.25) is 0 Å². The molecule has 0 bridgehead atoms. The quantitative estimate of drug-likeness (QED) is 0.638. The third-order valence-corrected chi connectivity index (χ3v) is 4.37. The zero-order valence-electron chi connectivity index (χ0n) is 12.3. The summed E-state index contributed by atoms with van der Waals surface area (Å²) in [5.41, 5.74) is 7.75. The summed E-state index contributed by atoms with van der Waals surface area (Å²) in [5.74, 6) is 5.70. The molecule has 0 aliphatic carbocycles. The average molecular weight is 323 g/mol. The monoisotopic (exact) mass is 322 g/mol. The number of rotatable bonds is 5. The molecule has 0 spiro atoms. The predicted molar refractivity (Wildman–Crippen MR) is 90.9 cm³/mol. The first-order chi connectivity index (χ1) is 9.99. The van der Waals surface area contributed by atoms with Gasteiger partial charge in [0.05, 0.1) is 0 Å². The van der Waals surface area contributed by atoms with E-state index in [9.17, 15) is 0 Å². The van der Waals surface area contributed by atoms with Crippen LogP contribution in [0.2, 0.25) is 10.0 Å². The third kappa shape index (κ3) is 4.45. The van der Waals surface area contributed by atoms with Crippen LogP contribution in [0.1, 0.15) is 22.3 Å². The highest BCUT2D eigenvalue weighted by Gasteiger charge is 2.12. The summed E-state index contributed by atoms with van der Waals surface area (Å²) in [6.07, 6.45) is 1.59. The normalized spacial score (nSPS) is 12.4. The smallest absolute Gasteiger partial charge is 0.0439 e. The van der Waals surface area contributed by atoms with Crippen molar-refractivity contribution in [2.45, 2.75) is 32.7 Å². The molecule has 0 fully saturated rings. The number of hydrazine groups is 1. The van der Waals surface area contributed by atoms with Crippen molar-refractivity contribution in [3.63, 3.8) is 0 Å². The minimum absolute atomic E-state index is 0.114. The Morgan fingerprint density at radius 1 is 1.00 bits per heavy atom. The molecule has 2 aromatic carbocycles. The molecule has 21 heavy (non-hydrogen) atoms. The molecule has 0 aliphatic heterocycles. The van der Waals surface area contributed by atoms with Gasteiger partial charge in [0.25, 0.3) is 0 Å². The van der Waals surface area contributed by atoms with Gasteiger partial charge in [-0.15, -0.1) is 0 Å². The van der Waals surface area contributed by atoms with Gasteiger partial charge in [-0.25, -0.2) is 0 Å². The van der Waals surface area contributed by atoms with Crippen LogP contribution in [0.5, 0.6) is 0 Å². The van der Waals surface area contributed by atoms with Crippen molar-refractivity contribution >= 4 is 23.2 Å². The molecule has 112 valence electrons. The Hall–Kier alpha value is -1.06. The molecule has 2 aromatic rings. The van der Waals surface area contributed by atoms with Crippen molar-refractivity contribution in [1.82, 2.24) is 5.43 Å². The average Bonchev–Trinajstić information content (AvgIpc) is 2.46. The van der Waals surface area contributed by atoms with E-state index in [1.807, 2.05) is 12.1 Å². The summed E-state index contributed by atoms with van der Waals surface area (Å²) in [7, 11) is 0. The fraction of sp³-hybridized carbons (Fsp3) is 0.294. The van der Waals surface area contributed by atoms with E-state index in [-0.39, 0.29) is 6.04 Å². The van der Waals surface area contributed by atoms with Crippen LogP contribution in [0.3, 0.4) is 0 Å². The summed E-state index contributed by atoms with van der Waals surface area (Å²) in [5, 5.41) is 1.41. The van der Waals surface area contributed by atoms with Crippen molar-refractivity contribution in [2.24, 2.45) is 5.84 Å². The minimum Gasteiger partial charge on any atom is -0.271 e. The summed E-state index contributed by atoms with van der Waals surface area (Å²) >= 11 is 12.3. The first-order valence-electron chi connectivity index (χ1n) is 6.95. The largest absolute Gasteiger partial charge is 0.271 e. The van der Waals surface area contributed by atoms with E-state index in [1.165, 1.54) is 16.7 Å². The van der Waals surface area contributed by atoms with Crippen molar-refractivity contribution in [3.8, 4) is 0 Å². The molecule has 2 nitrogen and oxygen atoms in total. The molecule has 1 atom stereocenters. The molecule has 0 radical (unpaired) electrons. The Bertz CT molecular complexity index is 626. The molecule has 0 saturated heterocycles. The maximum absolute atomic E-state index is 6.22. The lowest BCUT2D eigenvalue weighted by Crippen LogP contribution is -2.38. The summed E-state index contributed by atoms with van der Waals surface area (Å²) in [4.78, 5) is 0. The second-order valence-electron chi connectivity index (χ2n) is 5.43. The van der Waals surface area contributed by atoms with Gasteiger partial charge >= 0.3 is 0 Å². The third-order valence-electron chi connectivity index (χ3n) is 3.76. The van der Waals surface area contributed by atoms with Crippen LogP contribution in [0, 0.1) is 13.8 Å². The van der Waals surface area contributed by atoms with Gasteiger partial charge in [-0.1, -0.05) is 41.4 Å². The minimum atomic E-state index is 0.114. The van der Waals surface area contributed by atoms with Crippen LogP contribution in [0.25, 0.3) is 0 Å². The summed E-state index contributed by atoms with van der Waals surface area (Å²) in [6, 6.07) is 12.1. The van der Waals surface area contributed by atoms with Gasteiger partial charge in [-0.3, -0.25) is 11.3 Å². The van der Waals surface area contributed by atoms with Crippen molar-refractivity contribution in [2.75, 3.05) is 0 Å². The number of nitrogens with one attached hydrogen (secondary N) is 1. The molecule has 0 saturated carbocycles. The summed E-state index contributed by atoms with van der Waals surface area (Å²) < 4.78 is 0. The second-order valence-corrected chi connectivity index (χ2v) is 6.27. The molecule has 0 aromatic heterocycles. The molecule has 0 amide bonds. The highest BCUT2D eigenvalue weighted by atomic mass is 35.5. The second kappa shape index (κ2) is 7.28. The molecular weight excluding hydrogens is 303 g/mol. The van der Waals surface area contributed by atoms with Gasteiger partial charge in [0, 0.05) is 16.1 Å². The van der Waals surface area contributed by atoms with E-state index in [1.54, 1.807) is 6.07 Å². The Morgan fingerprint density at radius 3 is 2.43 bits per heavy atom. The summed E-state index contributed by atoms with van der Waals surface area (Å²) in [6.45, 7) is 4.24. The van der Waals surface area contributed by atoms with E-state index in [0.29, 0.717) is 5.02 Å². The van der Waals surface area contributed by atoms with Gasteiger partial charge in [-0.2, -0.15) is 0 Å². The Morgan fingerprint density at radius 2 is 1.76 bits per heavy atom. The van der Waals surface area contributed by atoms with Crippen molar-refractivity contribution in [1.29, 1.82) is 0 Å². The Kier molecular flexibility index (Phi) is 5.65. The maximum atomic E-state index is 6.22. The highest BCUT2D eigenvalue weighted by Crippen LogP contribution is 2.23. The van der Waals surface area contributed by atoms with Crippen LogP contribution in [-0.2, 0) is 12.8 Å². The molecule has 0 heterocycles. The number of halogens is 2. The van der Waals surface area contributed by atoms with Crippen LogP contribution >= 0.6 is 23.2 Å². The first kappa shape index (κ1) is 16.3. The molecular formula is C17H20Cl2N2. The zero-order valence-corrected chi connectivity index (χ0v) is 13.8. The van der Waals surface area contributed by atoms with Gasteiger partial charge in [0.1, 0.15) is 0 Å². The lowest BCUT2D eigenvalue weighted by Gasteiger charge is -2.17. The standard InChI is InChI=1S/C17H20Cl2N2/c1-11-3-4-13(7-12(11)2)8-16(21-20)10-14-9-15(18)5-6-17(14)19/h3-7,9,16,21H,8,10,20H2,1-2H3. The van der Waals surface area contributed by atoms with E-state index >= 15 is 0 Å². The molecule has 1 unspecified atom stereocenters. The number of benzene rings is 2. The zero-order chi connectivity index (χ0) is 15.4. The first-order valence-corrected chi connectivity index (χ1v) is 7.71.